The van der Waals surface area contributed by atoms with Crippen molar-refractivity contribution < 1.29 is 13.6 Å². The number of amides is 1. The van der Waals surface area contributed by atoms with E-state index in [4.69, 9.17) is 4.42 Å². The average molecular weight is 378 g/mol. The van der Waals surface area contributed by atoms with Crippen LogP contribution in [0.3, 0.4) is 0 Å². The fourth-order valence-electron chi connectivity index (χ4n) is 3.28. The van der Waals surface area contributed by atoms with Crippen molar-refractivity contribution in [3.8, 4) is 0 Å². The topological polar surface area (TPSA) is 79.5 Å². The third-order valence-corrected chi connectivity index (χ3v) is 4.63. The lowest BCUT2D eigenvalue weighted by atomic mass is 9.93. The molecular weight excluding hydrogens is 359 g/mol. The number of carbonyl (C=O) groups is 1. The monoisotopic (exact) mass is 378 g/mol. The maximum absolute atomic E-state index is 13.0. The van der Waals surface area contributed by atoms with Crippen LogP contribution in [0.2, 0.25) is 0 Å². The quantitative estimate of drug-likeness (QED) is 0.654. The zero-order valence-electron chi connectivity index (χ0n) is 15.3. The van der Waals surface area contributed by atoms with E-state index in [0.29, 0.717) is 11.4 Å². The molecule has 1 amide bonds. The number of rotatable bonds is 4. The summed E-state index contributed by atoms with van der Waals surface area (Å²) >= 11 is 0. The summed E-state index contributed by atoms with van der Waals surface area (Å²) in [5.41, 5.74) is 6.77. The summed E-state index contributed by atoms with van der Waals surface area (Å²) < 4.78 is 18.9. The third-order valence-electron chi connectivity index (χ3n) is 4.63. The Kier molecular flexibility index (Phi) is 4.89. The van der Waals surface area contributed by atoms with Crippen LogP contribution < -0.4 is 10.7 Å². The highest BCUT2D eigenvalue weighted by atomic mass is 19.1. The van der Waals surface area contributed by atoms with E-state index in [1.54, 1.807) is 36.7 Å². The van der Waals surface area contributed by atoms with Crippen LogP contribution in [-0.4, -0.2) is 16.6 Å². The predicted molar refractivity (Wildman–Crippen MR) is 105 cm³/mol. The van der Waals surface area contributed by atoms with Crippen molar-refractivity contribution in [3.05, 3.63) is 77.3 Å². The molecule has 0 spiro atoms. The zero-order valence-corrected chi connectivity index (χ0v) is 15.3. The number of carbonyl (C=O) groups excluding carboxylic acids is 1. The molecule has 1 aliphatic carbocycles. The van der Waals surface area contributed by atoms with Crippen molar-refractivity contribution in [1.82, 2.24) is 4.98 Å². The minimum absolute atomic E-state index is 0.290. The maximum Gasteiger partial charge on any atom is 0.291 e. The first-order valence-electron chi connectivity index (χ1n) is 9.04. The number of halogens is 1. The van der Waals surface area contributed by atoms with Gasteiger partial charge in [-0.3, -0.25) is 15.2 Å². The van der Waals surface area contributed by atoms with E-state index < -0.39 is 0 Å². The van der Waals surface area contributed by atoms with Crippen molar-refractivity contribution in [2.75, 3.05) is 10.7 Å². The summed E-state index contributed by atoms with van der Waals surface area (Å²) in [5.74, 6) is 0.458. The molecule has 0 saturated carbocycles. The van der Waals surface area contributed by atoms with Gasteiger partial charge in [0.1, 0.15) is 11.6 Å². The van der Waals surface area contributed by atoms with Gasteiger partial charge in [0.2, 0.25) is 0 Å². The van der Waals surface area contributed by atoms with Crippen LogP contribution in [0.1, 0.15) is 40.3 Å². The smallest absolute Gasteiger partial charge is 0.291 e. The highest BCUT2D eigenvalue weighted by Gasteiger charge is 2.28. The lowest BCUT2D eigenvalue weighted by Crippen LogP contribution is -2.14. The van der Waals surface area contributed by atoms with Crippen LogP contribution in [0.25, 0.3) is 0 Å². The van der Waals surface area contributed by atoms with Gasteiger partial charge in [0.05, 0.1) is 11.4 Å². The molecule has 2 aromatic heterocycles. The number of aromatic nitrogens is 1. The molecule has 0 aliphatic heterocycles. The molecule has 1 aromatic carbocycles. The SMILES string of the molecule is Cc1c(C(=O)Nc2ccncc2)oc2c1/C(=N/Nc1ccc(F)cc1)CCC2. The van der Waals surface area contributed by atoms with Gasteiger partial charge >= 0.3 is 0 Å². The summed E-state index contributed by atoms with van der Waals surface area (Å²) in [6, 6.07) is 9.43. The molecule has 4 rings (SSSR count). The maximum atomic E-state index is 13.0. The summed E-state index contributed by atoms with van der Waals surface area (Å²) in [6.45, 7) is 1.86. The van der Waals surface area contributed by atoms with Gasteiger partial charge in [-0.25, -0.2) is 4.39 Å². The first-order chi connectivity index (χ1) is 13.6. The molecule has 3 aromatic rings. The van der Waals surface area contributed by atoms with Gasteiger partial charge in [-0.15, -0.1) is 0 Å². The number of fused-ring (bicyclic) bond motifs is 1. The summed E-state index contributed by atoms with van der Waals surface area (Å²) in [4.78, 5) is 16.6. The summed E-state index contributed by atoms with van der Waals surface area (Å²) in [5, 5.41) is 7.31. The third kappa shape index (κ3) is 3.64. The number of aryl methyl sites for hydroxylation is 1. The lowest BCUT2D eigenvalue weighted by Gasteiger charge is -2.13. The van der Waals surface area contributed by atoms with E-state index in [1.165, 1.54) is 12.1 Å². The highest BCUT2D eigenvalue weighted by molar-refractivity contribution is 6.09. The number of hydrogen-bond acceptors (Lipinski definition) is 5. The van der Waals surface area contributed by atoms with Crippen molar-refractivity contribution in [3.63, 3.8) is 0 Å². The molecule has 0 bridgehead atoms. The Bertz CT molecular complexity index is 1030. The van der Waals surface area contributed by atoms with Crippen molar-refractivity contribution in [1.29, 1.82) is 0 Å². The van der Waals surface area contributed by atoms with Gasteiger partial charge in [0.15, 0.2) is 5.76 Å². The number of nitrogens with one attached hydrogen (secondary N) is 2. The Balaban J connectivity index is 1.59. The standard InChI is InChI=1S/C21H19FN4O2/c1-13-19-17(26-25-16-7-5-14(22)6-8-16)3-2-4-18(19)28-20(13)21(27)24-15-9-11-23-12-10-15/h5-12,25H,2-4H2,1H3,(H,23,24,27)/b26-17+. The fraction of sp³-hybridized carbons (Fsp3) is 0.190. The molecule has 0 radical (unpaired) electrons. The van der Waals surface area contributed by atoms with Gasteiger partial charge in [-0.05, 0) is 56.2 Å². The van der Waals surface area contributed by atoms with Crippen molar-refractivity contribution in [2.45, 2.75) is 26.2 Å². The molecule has 0 saturated heterocycles. The van der Waals surface area contributed by atoms with Gasteiger partial charge in [-0.1, -0.05) is 0 Å². The number of anilines is 2. The molecule has 142 valence electrons. The minimum atomic E-state index is -0.302. The molecule has 0 fully saturated rings. The van der Waals surface area contributed by atoms with E-state index in [-0.39, 0.29) is 17.5 Å². The molecule has 2 heterocycles. The largest absolute Gasteiger partial charge is 0.455 e. The molecule has 28 heavy (non-hydrogen) atoms. The zero-order chi connectivity index (χ0) is 19.5. The molecule has 0 unspecified atom stereocenters. The average Bonchev–Trinajstić information content (AvgIpc) is 3.06. The number of benzene rings is 1. The minimum Gasteiger partial charge on any atom is -0.455 e. The van der Waals surface area contributed by atoms with E-state index in [1.807, 2.05) is 6.92 Å². The van der Waals surface area contributed by atoms with Crippen LogP contribution >= 0.6 is 0 Å². The Hall–Kier alpha value is -3.48. The van der Waals surface area contributed by atoms with E-state index in [9.17, 15) is 9.18 Å². The molecular formula is C21H19FN4O2. The number of nitrogens with zero attached hydrogens (tertiary/aromatic N) is 2. The number of hydrogen-bond donors (Lipinski definition) is 2. The summed E-state index contributed by atoms with van der Waals surface area (Å²) in [7, 11) is 0. The lowest BCUT2D eigenvalue weighted by molar-refractivity contribution is 0.0994. The number of furan rings is 1. The molecule has 6 nitrogen and oxygen atoms in total. The van der Waals surface area contributed by atoms with Crippen LogP contribution in [0.15, 0.2) is 58.3 Å². The van der Waals surface area contributed by atoms with Crippen LogP contribution in [-0.2, 0) is 6.42 Å². The first-order valence-corrected chi connectivity index (χ1v) is 9.04. The second-order valence-corrected chi connectivity index (χ2v) is 6.58. The second-order valence-electron chi connectivity index (χ2n) is 6.58. The Morgan fingerprint density at radius 2 is 1.86 bits per heavy atom. The summed E-state index contributed by atoms with van der Waals surface area (Å²) in [6.07, 6.45) is 5.64. The van der Waals surface area contributed by atoms with Gasteiger partial charge in [0, 0.05) is 35.6 Å². The number of hydrazone groups is 1. The number of pyridine rings is 1. The van der Waals surface area contributed by atoms with Crippen molar-refractivity contribution >= 4 is 23.0 Å². The van der Waals surface area contributed by atoms with Crippen molar-refractivity contribution in [2.24, 2.45) is 5.10 Å². The van der Waals surface area contributed by atoms with E-state index >= 15 is 0 Å². The van der Waals surface area contributed by atoms with E-state index in [0.717, 1.165) is 41.9 Å². The predicted octanol–water partition coefficient (Wildman–Crippen LogP) is 4.53. The van der Waals surface area contributed by atoms with E-state index in [2.05, 4.69) is 20.8 Å². The van der Waals surface area contributed by atoms with Gasteiger partial charge < -0.3 is 9.73 Å². The van der Waals surface area contributed by atoms with Crippen LogP contribution in [0.5, 0.6) is 0 Å². The molecule has 7 heteroatoms. The molecule has 0 atom stereocenters. The Morgan fingerprint density at radius 1 is 1.11 bits per heavy atom. The second kappa shape index (κ2) is 7.64. The normalized spacial score (nSPS) is 14.6. The molecule has 2 N–H and O–H groups in total. The van der Waals surface area contributed by atoms with Crippen LogP contribution in [0.4, 0.5) is 15.8 Å². The highest BCUT2D eigenvalue weighted by Crippen LogP contribution is 2.30. The molecule has 1 aliphatic rings. The Morgan fingerprint density at radius 3 is 2.61 bits per heavy atom. The fourth-order valence-corrected chi connectivity index (χ4v) is 3.28. The first kappa shape index (κ1) is 17.9. The Labute approximate surface area is 161 Å². The van der Waals surface area contributed by atoms with Gasteiger partial charge in [-0.2, -0.15) is 5.10 Å². The van der Waals surface area contributed by atoms with Gasteiger partial charge in [0.25, 0.3) is 5.91 Å². The van der Waals surface area contributed by atoms with Crippen LogP contribution in [0, 0.1) is 12.7 Å².